The van der Waals surface area contributed by atoms with Crippen LogP contribution in [0.1, 0.15) is 22.5 Å². The van der Waals surface area contributed by atoms with Crippen molar-refractivity contribution in [1.29, 1.82) is 0 Å². The summed E-state index contributed by atoms with van der Waals surface area (Å²) in [6.45, 7) is 14.9. The molecule has 0 amide bonds. The van der Waals surface area contributed by atoms with Gasteiger partial charge in [-0.15, -0.1) is 0 Å². The molecule has 36 heavy (non-hydrogen) atoms. The highest BCUT2D eigenvalue weighted by molar-refractivity contribution is 5.86. The summed E-state index contributed by atoms with van der Waals surface area (Å²) in [5.41, 5.74) is 7.45. The van der Waals surface area contributed by atoms with Gasteiger partial charge in [0.1, 0.15) is 0 Å². The molecular weight excluding hydrogens is 448 g/mol. The van der Waals surface area contributed by atoms with E-state index < -0.39 is 12.2 Å². The number of nitrogens with zero attached hydrogens (tertiary/aromatic N) is 4. The van der Waals surface area contributed by atoms with E-state index in [-0.39, 0.29) is 0 Å². The van der Waals surface area contributed by atoms with E-state index in [2.05, 4.69) is 95.2 Å². The average molecular weight is 489 g/mol. The highest BCUT2D eigenvalue weighted by Gasteiger charge is 2.23. The molecule has 2 N–H and O–H groups in total. The summed E-state index contributed by atoms with van der Waals surface area (Å²) in [6.07, 6.45) is -0.825. The molecule has 1 fully saturated rings. The number of hydrogen-bond donors (Lipinski definition) is 2. The van der Waals surface area contributed by atoms with E-state index in [9.17, 15) is 10.2 Å². The molecule has 4 aromatic rings. The Morgan fingerprint density at radius 2 is 0.944 bits per heavy atom. The topological polar surface area (TPSA) is 56.8 Å². The second-order valence-corrected chi connectivity index (χ2v) is 10.6. The Morgan fingerprint density at radius 3 is 1.33 bits per heavy atom. The first-order chi connectivity index (χ1) is 17.3. The van der Waals surface area contributed by atoms with E-state index in [0.717, 1.165) is 26.2 Å². The number of hydrogen-bond acceptors (Lipinski definition) is 4. The molecule has 0 radical (unpaired) electrons. The normalized spacial score (nSPS) is 17.3. The fourth-order valence-corrected chi connectivity index (χ4v) is 5.97. The number of aliphatic hydroxyl groups is 2. The van der Waals surface area contributed by atoms with Crippen LogP contribution in [-0.4, -0.2) is 80.6 Å². The summed E-state index contributed by atoms with van der Waals surface area (Å²) in [7, 11) is 0. The standard InChI is InChI=1S/C30H40N4O2/c1-21-23(3)33(29-11-7-5-9-27(21)29)19-25(35)17-31-13-15-32(16-14-31)18-26(36)20-34-24(4)22(2)28-10-6-8-12-30(28)34/h5-12,25-26,35-36H,13-20H2,1-4H3. The van der Waals surface area contributed by atoms with Crippen molar-refractivity contribution in [3.63, 3.8) is 0 Å². The highest BCUT2D eigenvalue weighted by Crippen LogP contribution is 2.26. The van der Waals surface area contributed by atoms with E-state index >= 15 is 0 Å². The van der Waals surface area contributed by atoms with Gasteiger partial charge in [0.15, 0.2) is 0 Å². The fraction of sp³-hybridized carbons (Fsp3) is 0.467. The Morgan fingerprint density at radius 1 is 0.583 bits per heavy atom. The third-order valence-corrected chi connectivity index (χ3v) is 8.28. The van der Waals surface area contributed by atoms with E-state index in [1.54, 1.807) is 0 Å². The van der Waals surface area contributed by atoms with E-state index in [1.807, 2.05) is 0 Å². The van der Waals surface area contributed by atoms with Crippen LogP contribution in [-0.2, 0) is 13.1 Å². The third kappa shape index (κ3) is 4.83. The summed E-state index contributed by atoms with van der Waals surface area (Å²) in [5.74, 6) is 0. The second-order valence-electron chi connectivity index (χ2n) is 10.6. The lowest BCUT2D eigenvalue weighted by molar-refractivity contribution is 0.0407. The molecule has 192 valence electrons. The lowest BCUT2D eigenvalue weighted by Crippen LogP contribution is -2.50. The zero-order valence-corrected chi connectivity index (χ0v) is 22.1. The minimum atomic E-state index is -0.413. The smallest absolute Gasteiger partial charge is 0.0845 e. The van der Waals surface area contributed by atoms with Crippen molar-refractivity contribution in [1.82, 2.24) is 18.9 Å². The number of β-amino-alcohol motifs (C(OH)–C–C–N with tert-alkyl or cyclic N) is 2. The van der Waals surface area contributed by atoms with Gasteiger partial charge in [-0.05, 0) is 51.0 Å². The molecule has 0 aliphatic carbocycles. The summed E-state index contributed by atoms with van der Waals surface area (Å²) in [5, 5.41) is 24.4. The predicted molar refractivity (Wildman–Crippen MR) is 148 cm³/mol. The molecule has 2 aromatic heterocycles. The Hall–Kier alpha value is -2.64. The van der Waals surface area contributed by atoms with Crippen molar-refractivity contribution in [2.45, 2.75) is 53.0 Å². The molecule has 5 rings (SSSR count). The molecule has 6 heteroatoms. The molecule has 1 aliphatic rings. The first-order valence-electron chi connectivity index (χ1n) is 13.2. The molecule has 2 aromatic carbocycles. The number of piperazine rings is 1. The summed E-state index contributed by atoms with van der Waals surface area (Å²) in [4.78, 5) is 4.71. The van der Waals surface area contributed by atoms with Crippen molar-refractivity contribution < 1.29 is 10.2 Å². The van der Waals surface area contributed by atoms with Gasteiger partial charge in [0, 0.05) is 72.5 Å². The zero-order valence-electron chi connectivity index (χ0n) is 22.1. The molecule has 2 unspecified atom stereocenters. The number of aliphatic hydroxyl groups excluding tert-OH is 2. The van der Waals surface area contributed by atoms with Gasteiger partial charge in [0.2, 0.25) is 0 Å². The third-order valence-electron chi connectivity index (χ3n) is 8.28. The Kier molecular flexibility index (Phi) is 7.22. The van der Waals surface area contributed by atoms with Gasteiger partial charge in [-0.2, -0.15) is 0 Å². The minimum Gasteiger partial charge on any atom is -0.390 e. The molecule has 0 bridgehead atoms. The number of aryl methyl sites for hydroxylation is 2. The van der Waals surface area contributed by atoms with Gasteiger partial charge in [0.25, 0.3) is 0 Å². The molecule has 6 nitrogen and oxygen atoms in total. The zero-order chi connectivity index (χ0) is 25.4. The number of fused-ring (bicyclic) bond motifs is 2. The van der Waals surface area contributed by atoms with Crippen molar-refractivity contribution in [3.05, 3.63) is 71.0 Å². The number of aromatic nitrogens is 2. The van der Waals surface area contributed by atoms with Gasteiger partial charge >= 0.3 is 0 Å². The van der Waals surface area contributed by atoms with Crippen LogP contribution in [0.4, 0.5) is 0 Å². The number of benzene rings is 2. The van der Waals surface area contributed by atoms with Crippen molar-refractivity contribution in [2.75, 3.05) is 39.3 Å². The van der Waals surface area contributed by atoms with Crippen molar-refractivity contribution in [3.8, 4) is 0 Å². The Labute approximate surface area is 214 Å². The molecule has 2 atom stereocenters. The monoisotopic (exact) mass is 488 g/mol. The van der Waals surface area contributed by atoms with Crippen molar-refractivity contribution in [2.24, 2.45) is 0 Å². The van der Waals surface area contributed by atoms with Crippen LogP contribution in [0.15, 0.2) is 48.5 Å². The van der Waals surface area contributed by atoms with Crippen LogP contribution in [0.3, 0.4) is 0 Å². The molecule has 3 heterocycles. The maximum atomic E-state index is 10.9. The number of rotatable bonds is 8. The molecular formula is C30H40N4O2. The van der Waals surface area contributed by atoms with Crippen molar-refractivity contribution >= 4 is 21.8 Å². The van der Waals surface area contributed by atoms with Gasteiger partial charge < -0.3 is 19.3 Å². The van der Waals surface area contributed by atoms with Gasteiger partial charge in [-0.1, -0.05) is 36.4 Å². The maximum Gasteiger partial charge on any atom is 0.0845 e. The average Bonchev–Trinajstić information content (AvgIpc) is 3.26. The van der Waals surface area contributed by atoms with Gasteiger partial charge in [-0.3, -0.25) is 9.80 Å². The van der Waals surface area contributed by atoms with Crippen LogP contribution < -0.4 is 0 Å². The lowest BCUT2D eigenvalue weighted by Gasteiger charge is -2.36. The first kappa shape index (κ1) is 25.0. The first-order valence-corrected chi connectivity index (χ1v) is 13.2. The molecule has 1 aliphatic heterocycles. The van der Waals surface area contributed by atoms with Gasteiger partial charge in [0.05, 0.1) is 25.3 Å². The van der Waals surface area contributed by atoms with E-state index in [0.29, 0.717) is 26.2 Å². The minimum absolute atomic E-state index is 0.413. The van der Waals surface area contributed by atoms with Crippen LogP contribution in [0, 0.1) is 27.7 Å². The maximum absolute atomic E-state index is 10.9. The number of para-hydroxylation sites is 2. The SMILES string of the molecule is Cc1c(C)n(CC(O)CN2CCN(CC(O)Cn3c(C)c(C)c4ccccc43)CC2)c2ccccc12. The predicted octanol–water partition coefficient (Wildman–Crippen LogP) is 3.87. The fourth-order valence-electron chi connectivity index (χ4n) is 5.97. The van der Waals surface area contributed by atoms with E-state index in [4.69, 9.17) is 0 Å². The Balaban J connectivity index is 1.13. The van der Waals surface area contributed by atoms with Crippen LogP contribution >= 0.6 is 0 Å². The van der Waals surface area contributed by atoms with E-state index in [1.165, 1.54) is 44.3 Å². The largest absolute Gasteiger partial charge is 0.390 e. The summed E-state index contributed by atoms with van der Waals surface area (Å²) >= 11 is 0. The van der Waals surface area contributed by atoms with Crippen LogP contribution in [0.25, 0.3) is 21.8 Å². The lowest BCUT2D eigenvalue weighted by atomic mass is 10.2. The van der Waals surface area contributed by atoms with Gasteiger partial charge in [-0.25, -0.2) is 0 Å². The summed E-state index contributed by atoms with van der Waals surface area (Å²) < 4.78 is 4.52. The van der Waals surface area contributed by atoms with Crippen LogP contribution in [0.5, 0.6) is 0 Å². The molecule has 0 saturated carbocycles. The Bertz CT molecular complexity index is 1240. The highest BCUT2D eigenvalue weighted by atomic mass is 16.3. The molecule has 0 spiro atoms. The molecule has 1 saturated heterocycles. The quantitative estimate of drug-likeness (QED) is 0.395. The summed E-state index contributed by atoms with van der Waals surface area (Å²) in [6, 6.07) is 16.9. The second kappa shape index (κ2) is 10.4. The van der Waals surface area contributed by atoms with Crippen LogP contribution in [0.2, 0.25) is 0 Å².